The predicted octanol–water partition coefficient (Wildman–Crippen LogP) is 2.05. The standard InChI is InChI=1S/C11H12BrFO3/c1-2-16-11(15)10(14)6-7-5-8(12)3-4-9(7)13/h3-5,10,14H,2,6H2,1H3. The van der Waals surface area contributed by atoms with Gasteiger partial charge in [0.2, 0.25) is 0 Å². The van der Waals surface area contributed by atoms with E-state index in [1.165, 1.54) is 12.1 Å². The van der Waals surface area contributed by atoms with E-state index in [0.29, 0.717) is 4.47 Å². The maximum atomic E-state index is 13.3. The molecule has 0 fully saturated rings. The molecule has 88 valence electrons. The van der Waals surface area contributed by atoms with Gasteiger partial charge in [0, 0.05) is 10.9 Å². The molecule has 1 aromatic carbocycles. The first kappa shape index (κ1) is 13.1. The Morgan fingerprint density at radius 1 is 1.62 bits per heavy atom. The van der Waals surface area contributed by atoms with Crippen LogP contribution in [0.1, 0.15) is 12.5 Å². The molecule has 5 heteroatoms. The van der Waals surface area contributed by atoms with Gasteiger partial charge in [-0.2, -0.15) is 0 Å². The molecule has 0 saturated heterocycles. The molecule has 16 heavy (non-hydrogen) atoms. The van der Waals surface area contributed by atoms with Crippen LogP contribution in [0.25, 0.3) is 0 Å². The highest BCUT2D eigenvalue weighted by Crippen LogP contribution is 2.17. The lowest BCUT2D eigenvalue weighted by atomic mass is 10.1. The summed E-state index contributed by atoms with van der Waals surface area (Å²) >= 11 is 3.19. The van der Waals surface area contributed by atoms with Gasteiger partial charge in [-0.1, -0.05) is 15.9 Å². The zero-order valence-corrected chi connectivity index (χ0v) is 10.3. The van der Waals surface area contributed by atoms with Crippen LogP contribution in [-0.2, 0) is 16.0 Å². The minimum absolute atomic E-state index is 0.0931. The van der Waals surface area contributed by atoms with Crippen molar-refractivity contribution in [2.75, 3.05) is 6.61 Å². The number of halogens is 2. The predicted molar refractivity (Wildman–Crippen MR) is 60.4 cm³/mol. The van der Waals surface area contributed by atoms with Gasteiger partial charge in [0.05, 0.1) is 6.61 Å². The van der Waals surface area contributed by atoms with E-state index in [1.54, 1.807) is 13.0 Å². The molecular formula is C11H12BrFO3. The molecule has 1 N–H and O–H groups in total. The number of hydrogen-bond donors (Lipinski definition) is 1. The lowest BCUT2D eigenvalue weighted by Crippen LogP contribution is -2.25. The number of hydrogen-bond acceptors (Lipinski definition) is 3. The maximum absolute atomic E-state index is 13.3. The van der Waals surface area contributed by atoms with Crippen LogP contribution in [0.2, 0.25) is 0 Å². The van der Waals surface area contributed by atoms with E-state index in [9.17, 15) is 14.3 Å². The SMILES string of the molecule is CCOC(=O)C(O)Cc1cc(Br)ccc1F. The molecule has 0 amide bonds. The lowest BCUT2D eigenvalue weighted by Gasteiger charge is -2.10. The number of ether oxygens (including phenoxy) is 1. The number of carbonyl (C=O) groups excluding carboxylic acids is 1. The van der Waals surface area contributed by atoms with Crippen molar-refractivity contribution in [2.45, 2.75) is 19.4 Å². The Bertz CT molecular complexity index is 381. The molecule has 0 aliphatic heterocycles. The zero-order chi connectivity index (χ0) is 12.1. The summed E-state index contributed by atoms with van der Waals surface area (Å²) < 4.78 is 18.6. The molecule has 0 spiro atoms. The van der Waals surface area contributed by atoms with Crippen LogP contribution in [0.5, 0.6) is 0 Å². The quantitative estimate of drug-likeness (QED) is 0.864. The molecule has 1 unspecified atom stereocenters. The Hall–Kier alpha value is -0.940. The number of aliphatic hydroxyl groups excluding tert-OH is 1. The highest BCUT2D eigenvalue weighted by atomic mass is 79.9. The van der Waals surface area contributed by atoms with Gasteiger partial charge in [-0.05, 0) is 30.7 Å². The topological polar surface area (TPSA) is 46.5 Å². The van der Waals surface area contributed by atoms with Gasteiger partial charge in [0.1, 0.15) is 5.82 Å². The third kappa shape index (κ3) is 3.57. The van der Waals surface area contributed by atoms with E-state index in [0.717, 1.165) is 0 Å². The summed E-state index contributed by atoms with van der Waals surface area (Å²) in [5, 5.41) is 9.46. The first-order chi connectivity index (χ1) is 7.54. The summed E-state index contributed by atoms with van der Waals surface area (Å²) in [5.74, 6) is -1.19. The fourth-order valence-electron chi connectivity index (χ4n) is 1.23. The molecule has 0 bridgehead atoms. The molecule has 3 nitrogen and oxygen atoms in total. The van der Waals surface area contributed by atoms with Crippen LogP contribution in [0, 0.1) is 5.82 Å². The molecule has 1 aromatic rings. The van der Waals surface area contributed by atoms with Crippen LogP contribution in [0.3, 0.4) is 0 Å². The van der Waals surface area contributed by atoms with E-state index in [4.69, 9.17) is 0 Å². The summed E-state index contributed by atoms with van der Waals surface area (Å²) in [6.45, 7) is 1.83. The first-order valence-corrected chi connectivity index (χ1v) is 5.62. The summed E-state index contributed by atoms with van der Waals surface area (Å²) in [7, 11) is 0. The van der Waals surface area contributed by atoms with E-state index >= 15 is 0 Å². The average molecular weight is 291 g/mol. The van der Waals surface area contributed by atoms with Crippen molar-refractivity contribution in [2.24, 2.45) is 0 Å². The van der Waals surface area contributed by atoms with Crippen LogP contribution >= 0.6 is 15.9 Å². The normalized spacial score (nSPS) is 12.2. The maximum Gasteiger partial charge on any atom is 0.335 e. The van der Waals surface area contributed by atoms with Crippen LogP contribution in [0.15, 0.2) is 22.7 Å². The Balaban J connectivity index is 2.72. The summed E-state index contributed by atoms with van der Waals surface area (Å²) in [6.07, 6.45) is -1.42. The van der Waals surface area contributed by atoms with Gasteiger partial charge in [-0.25, -0.2) is 9.18 Å². The largest absolute Gasteiger partial charge is 0.464 e. The van der Waals surface area contributed by atoms with E-state index in [-0.39, 0.29) is 18.6 Å². The number of aliphatic hydroxyl groups is 1. The van der Waals surface area contributed by atoms with Crippen LogP contribution < -0.4 is 0 Å². The van der Waals surface area contributed by atoms with Crippen molar-refractivity contribution < 1.29 is 19.0 Å². The van der Waals surface area contributed by atoms with Crippen molar-refractivity contribution in [3.05, 3.63) is 34.1 Å². The Morgan fingerprint density at radius 3 is 2.94 bits per heavy atom. The molecule has 0 saturated carbocycles. The van der Waals surface area contributed by atoms with Gasteiger partial charge < -0.3 is 9.84 Å². The smallest absolute Gasteiger partial charge is 0.335 e. The van der Waals surface area contributed by atoms with Crippen molar-refractivity contribution in [1.29, 1.82) is 0 Å². The second-order valence-electron chi connectivity index (χ2n) is 3.21. The number of esters is 1. The first-order valence-electron chi connectivity index (χ1n) is 4.83. The highest BCUT2D eigenvalue weighted by Gasteiger charge is 2.18. The summed E-state index contributed by atoms with van der Waals surface area (Å²) in [6, 6.07) is 4.35. The van der Waals surface area contributed by atoms with Crippen molar-refractivity contribution in [1.82, 2.24) is 0 Å². The van der Waals surface area contributed by atoms with Crippen molar-refractivity contribution in [3.8, 4) is 0 Å². The molecule has 0 heterocycles. The summed E-state index contributed by atoms with van der Waals surface area (Å²) in [4.78, 5) is 11.1. The second kappa shape index (κ2) is 5.96. The molecule has 0 aromatic heterocycles. The average Bonchev–Trinajstić information content (AvgIpc) is 2.23. The van der Waals surface area contributed by atoms with Crippen LogP contribution in [-0.4, -0.2) is 23.8 Å². The van der Waals surface area contributed by atoms with Crippen LogP contribution in [0.4, 0.5) is 4.39 Å². The Morgan fingerprint density at radius 2 is 2.31 bits per heavy atom. The third-order valence-electron chi connectivity index (χ3n) is 1.98. The van der Waals surface area contributed by atoms with Crippen molar-refractivity contribution in [3.63, 3.8) is 0 Å². The minimum Gasteiger partial charge on any atom is -0.464 e. The lowest BCUT2D eigenvalue weighted by molar-refractivity contribution is -0.152. The van der Waals surface area contributed by atoms with E-state index in [1.807, 2.05) is 0 Å². The second-order valence-corrected chi connectivity index (χ2v) is 4.12. The van der Waals surface area contributed by atoms with Gasteiger partial charge in [0.25, 0.3) is 0 Å². The summed E-state index contributed by atoms with van der Waals surface area (Å²) in [5.41, 5.74) is 0.273. The molecule has 0 aliphatic rings. The monoisotopic (exact) mass is 290 g/mol. The highest BCUT2D eigenvalue weighted by molar-refractivity contribution is 9.10. The number of carbonyl (C=O) groups is 1. The van der Waals surface area contributed by atoms with E-state index in [2.05, 4.69) is 20.7 Å². The fourth-order valence-corrected chi connectivity index (χ4v) is 1.64. The van der Waals surface area contributed by atoms with E-state index < -0.39 is 17.9 Å². The van der Waals surface area contributed by atoms with Gasteiger partial charge >= 0.3 is 5.97 Å². The minimum atomic E-state index is -1.33. The third-order valence-corrected chi connectivity index (χ3v) is 2.47. The molecule has 1 rings (SSSR count). The number of rotatable bonds is 4. The van der Waals surface area contributed by atoms with Gasteiger partial charge in [-0.3, -0.25) is 0 Å². The molecule has 1 atom stereocenters. The van der Waals surface area contributed by atoms with Gasteiger partial charge in [0.15, 0.2) is 6.10 Å². The molecule has 0 radical (unpaired) electrons. The Kier molecular flexibility index (Phi) is 4.89. The van der Waals surface area contributed by atoms with Crippen molar-refractivity contribution >= 4 is 21.9 Å². The molecular weight excluding hydrogens is 279 g/mol. The molecule has 0 aliphatic carbocycles. The fraction of sp³-hybridized carbons (Fsp3) is 0.364. The Labute approximate surface area is 101 Å². The number of benzene rings is 1. The zero-order valence-electron chi connectivity index (χ0n) is 8.74. The van der Waals surface area contributed by atoms with Gasteiger partial charge in [-0.15, -0.1) is 0 Å².